The number of rotatable bonds is 6. The Kier molecular flexibility index (Phi) is 5.02. The number of carbonyl (C=O) groups excluding carboxylic acids is 2. The summed E-state index contributed by atoms with van der Waals surface area (Å²) < 4.78 is 0. The first-order valence-electron chi connectivity index (χ1n) is 7.87. The lowest BCUT2D eigenvalue weighted by Crippen LogP contribution is -2.49. The lowest BCUT2D eigenvalue weighted by atomic mass is 9.81. The molecule has 2 heterocycles. The molecular formula is C15H27N3O2. The minimum absolute atomic E-state index is 0.0267. The number of likely N-dealkylation sites (tertiary alicyclic amines) is 1. The van der Waals surface area contributed by atoms with E-state index in [-0.39, 0.29) is 23.3 Å². The van der Waals surface area contributed by atoms with Gasteiger partial charge in [-0.1, -0.05) is 13.3 Å². The molecule has 2 rings (SSSR count). The number of hydrogen-bond acceptors (Lipinski definition) is 3. The Morgan fingerprint density at radius 2 is 2.35 bits per heavy atom. The normalized spacial score (nSPS) is 27.9. The van der Waals surface area contributed by atoms with Crippen molar-refractivity contribution in [2.75, 3.05) is 26.2 Å². The lowest BCUT2D eigenvalue weighted by Gasteiger charge is -2.30. The van der Waals surface area contributed by atoms with Crippen LogP contribution in [0.5, 0.6) is 0 Å². The quantitative estimate of drug-likeness (QED) is 0.760. The van der Waals surface area contributed by atoms with E-state index in [9.17, 15) is 9.59 Å². The highest BCUT2D eigenvalue weighted by atomic mass is 16.2. The van der Waals surface area contributed by atoms with Crippen molar-refractivity contribution in [3.8, 4) is 0 Å². The van der Waals surface area contributed by atoms with E-state index in [1.54, 1.807) is 0 Å². The molecule has 114 valence electrons. The summed E-state index contributed by atoms with van der Waals surface area (Å²) in [4.78, 5) is 26.1. The number of nitrogens with zero attached hydrogens (tertiary/aromatic N) is 1. The van der Waals surface area contributed by atoms with Crippen LogP contribution in [0.3, 0.4) is 0 Å². The molecule has 2 N–H and O–H groups in total. The Balaban J connectivity index is 1.87. The van der Waals surface area contributed by atoms with Crippen molar-refractivity contribution in [3.05, 3.63) is 0 Å². The average Bonchev–Trinajstić information content (AvgIpc) is 3.01. The first kappa shape index (κ1) is 15.3. The molecule has 0 saturated carbocycles. The van der Waals surface area contributed by atoms with Gasteiger partial charge in [0.15, 0.2) is 0 Å². The first-order valence-corrected chi connectivity index (χ1v) is 7.87. The van der Waals surface area contributed by atoms with Gasteiger partial charge in [0.2, 0.25) is 11.8 Å². The number of amides is 2. The van der Waals surface area contributed by atoms with Gasteiger partial charge in [0.25, 0.3) is 0 Å². The maximum absolute atomic E-state index is 12.6. The molecule has 0 aromatic heterocycles. The van der Waals surface area contributed by atoms with Crippen molar-refractivity contribution in [1.82, 2.24) is 15.5 Å². The molecule has 2 atom stereocenters. The summed E-state index contributed by atoms with van der Waals surface area (Å²) in [5, 5.41) is 6.43. The first-order chi connectivity index (χ1) is 9.57. The minimum Gasteiger partial charge on any atom is -0.351 e. The van der Waals surface area contributed by atoms with Gasteiger partial charge >= 0.3 is 0 Å². The second kappa shape index (κ2) is 6.57. The Labute approximate surface area is 121 Å². The summed E-state index contributed by atoms with van der Waals surface area (Å²) in [6.45, 7) is 7.29. The molecule has 2 aliphatic heterocycles. The fraction of sp³-hybridized carbons (Fsp3) is 0.867. The van der Waals surface area contributed by atoms with Crippen LogP contribution in [-0.4, -0.2) is 48.9 Å². The molecule has 0 bridgehead atoms. The van der Waals surface area contributed by atoms with Crippen molar-refractivity contribution >= 4 is 11.8 Å². The summed E-state index contributed by atoms with van der Waals surface area (Å²) in [5.74, 6) is 0.375. The Hall–Kier alpha value is -1.10. The lowest BCUT2D eigenvalue weighted by molar-refractivity contribution is -0.133. The summed E-state index contributed by atoms with van der Waals surface area (Å²) in [7, 11) is 0. The molecular weight excluding hydrogens is 254 g/mol. The highest BCUT2D eigenvalue weighted by Gasteiger charge is 2.40. The number of nitrogens with one attached hydrogen (secondary N) is 2. The second-order valence-electron chi connectivity index (χ2n) is 6.27. The maximum Gasteiger partial charge on any atom is 0.227 e. The van der Waals surface area contributed by atoms with Crippen LogP contribution >= 0.6 is 0 Å². The fourth-order valence-corrected chi connectivity index (χ4v) is 3.39. The maximum atomic E-state index is 12.6. The topological polar surface area (TPSA) is 61.4 Å². The summed E-state index contributed by atoms with van der Waals surface area (Å²) in [5.41, 5.74) is -0.238. The van der Waals surface area contributed by atoms with Crippen molar-refractivity contribution in [3.63, 3.8) is 0 Å². The zero-order valence-electron chi connectivity index (χ0n) is 12.7. The molecule has 2 unspecified atom stereocenters. The van der Waals surface area contributed by atoms with Gasteiger partial charge in [0.05, 0.1) is 5.41 Å². The van der Waals surface area contributed by atoms with E-state index in [0.29, 0.717) is 13.0 Å². The van der Waals surface area contributed by atoms with Crippen LogP contribution in [0, 0.1) is 5.41 Å². The van der Waals surface area contributed by atoms with Gasteiger partial charge in [0.1, 0.15) is 0 Å². The van der Waals surface area contributed by atoms with Gasteiger partial charge in [0, 0.05) is 32.1 Å². The summed E-state index contributed by atoms with van der Waals surface area (Å²) in [6, 6.07) is 0.0267. The molecule has 0 aromatic carbocycles. The Morgan fingerprint density at radius 1 is 1.55 bits per heavy atom. The largest absolute Gasteiger partial charge is 0.351 e. The molecule has 2 amide bonds. The van der Waals surface area contributed by atoms with E-state index < -0.39 is 0 Å². The molecule has 2 saturated heterocycles. The second-order valence-corrected chi connectivity index (χ2v) is 6.27. The predicted octanol–water partition coefficient (Wildman–Crippen LogP) is 0.893. The highest BCUT2D eigenvalue weighted by molar-refractivity contribution is 5.83. The number of hydrogen-bond donors (Lipinski definition) is 2. The molecule has 5 nitrogen and oxygen atoms in total. The van der Waals surface area contributed by atoms with Crippen LogP contribution < -0.4 is 10.6 Å². The van der Waals surface area contributed by atoms with E-state index in [4.69, 9.17) is 0 Å². The third kappa shape index (κ3) is 3.32. The van der Waals surface area contributed by atoms with E-state index in [2.05, 4.69) is 17.6 Å². The fourth-order valence-electron chi connectivity index (χ4n) is 3.39. The summed E-state index contributed by atoms with van der Waals surface area (Å²) >= 11 is 0. The minimum atomic E-state index is -0.238. The van der Waals surface area contributed by atoms with Crippen LogP contribution in [-0.2, 0) is 9.59 Å². The predicted molar refractivity (Wildman–Crippen MR) is 78.2 cm³/mol. The van der Waals surface area contributed by atoms with E-state index in [1.807, 2.05) is 11.8 Å². The van der Waals surface area contributed by atoms with Gasteiger partial charge in [-0.05, 0) is 32.7 Å². The Bertz CT molecular complexity index is 364. The van der Waals surface area contributed by atoms with Gasteiger partial charge in [-0.2, -0.15) is 0 Å². The zero-order valence-corrected chi connectivity index (χ0v) is 12.7. The molecule has 5 heteroatoms. The van der Waals surface area contributed by atoms with E-state index in [0.717, 1.165) is 45.3 Å². The third-order valence-corrected chi connectivity index (χ3v) is 4.50. The van der Waals surface area contributed by atoms with Crippen molar-refractivity contribution in [2.24, 2.45) is 5.41 Å². The van der Waals surface area contributed by atoms with Crippen molar-refractivity contribution < 1.29 is 9.59 Å². The molecule has 0 aliphatic carbocycles. The van der Waals surface area contributed by atoms with Crippen LogP contribution in [0.1, 0.15) is 46.0 Å². The average molecular weight is 281 g/mol. The highest BCUT2D eigenvalue weighted by Crippen LogP contribution is 2.31. The molecule has 0 spiro atoms. The van der Waals surface area contributed by atoms with E-state index >= 15 is 0 Å². The van der Waals surface area contributed by atoms with Crippen molar-refractivity contribution in [2.45, 2.75) is 52.0 Å². The summed E-state index contributed by atoms with van der Waals surface area (Å²) in [6.07, 6.45) is 4.48. The van der Waals surface area contributed by atoms with Crippen LogP contribution in [0.25, 0.3) is 0 Å². The molecule has 0 radical (unpaired) electrons. The monoisotopic (exact) mass is 281 g/mol. The molecule has 20 heavy (non-hydrogen) atoms. The zero-order chi connectivity index (χ0) is 14.6. The van der Waals surface area contributed by atoms with Crippen molar-refractivity contribution in [1.29, 1.82) is 0 Å². The van der Waals surface area contributed by atoms with Gasteiger partial charge in [-0.3, -0.25) is 9.59 Å². The number of carbonyl (C=O) groups is 2. The molecule has 0 aromatic rings. The van der Waals surface area contributed by atoms with Gasteiger partial charge in [-0.15, -0.1) is 0 Å². The molecule has 2 fully saturated rings. The van der Waals surface area contributed by atoms with Crippen LogP contribution in [0.4, 0.5) is 0 Å². The van der Waals surface area contributed by atoms with Gasteiger partial charge in [-0.25, -0.2) is 0 Å². The van der Waals surface area contributed by atoms with Crippen LogP contribution in [0.15, 0.2) is 0 Å². The smallest absolute Gasteiger partial charge is 0.227 e. The molecule has 2 aliphatic rings. The third-order valence-electron chi connectivity index (χ3n) is 4.50. The standard InChI is InChI=1S/C15H27N3O2/c1-3-6-15(7-8-16-11-15)14(20)17-12(2)10-18-9-4-5-13(18)19/h12,16H,3-11H2,1-2H3,(H,17,20). The van der Waals surface area contributed by atoms with E-state index in [1.165, 1.54) is 0 Å². The van der Waals surface area contributed by atoms with Crippen LogP contribution in [0.2, 0.25) is 0 Å². The Morgan fingerprint density at radius 3 is 2.90 bits per heavy atom. The van der Waals surface area contributed by atoms with Gasteiger partial charge < -0.3 is 15.5 Å². The SMILES string of the molecule is CCCC1(C(=O)NC(C)CN2CCCC2=O)CCNC1.